The van der Waals surface area contributed by atoms with Crippen LogP contribution in [0, 0.1) is 6.92 Å². The number of carbonyl (C=O) groups excluding carboxylic acids is 1. The predicted octanol–water partition coefficient (Wildman–Crippen LogP) is 2.43. The Bertz CT molecular complexity index is 709. The van der Waals surface area contributed by atoms with E-state index < -0.39 is 0 Å². The summed E-state index contributed by atoms with van der Waals surface area (Å²) in [6.45, 7) is 4.71. The highest BCUT2D eigenvalue weighted by atomic mass is 16.5. The molecule has 0 bridgehead atoms. The van der Waals surface area contributed by atoms with Gasteiger partial charge in [0.15, 0.2) is 6.61 Å². The number of aromatic hydroxyl groups is 1. The van der Waals surface area contributed by atoms with Gasteiger partial charge >= 0.3 is 0 Å². The molecular formula is C19H22N2O3. The number of carbonyl (C=O) groups is 1. The van der Waals surface area contributed by atoms with E-state index in [1.165, 1.54) is 0 Å². The highest BCUT2D eigenvalue weighted by molar-refractivity contribution is 5.78. The number of hydrogen-bond donors (Lipinski definition) is 1. The van der Waals surface area contributed by atoms with E-state index in [0.717, 1.165) is 17.0 Å². The molecule has 1 saturated heterocycles. The summed E-state index contributed by atoms with van der Waals surface area (Å²) in [6.07, 6.45) is 0. The van der Waals surface area contributed by atoms with Crippen LogP contribution in [-0.4, -0.2) is 48.7 Å². The number of rotatable bonds is 4. The van der Waals surface area contributed by atoms with E-state index in [0.29, 0.717) is 26.2 Å². The minimum atomic E-state index is -0.00607. The number of aryl methyl sites for hydroxylation is 1. The summed E-state index contributed by atoms with van der Waals surface area (Å²) in [5.74, 6) is 0.990. The number of amides is 1. The number of ether oxygens (including phenoxy) is 1. The number of phenols is 1. The van der Waals surface area contributed by atoms with Crippen LogP contribution in [0.1, 0.15) is 5.56 Å². The van der Waals surface area contributed by atoms with Crippen LogP contribution in [0.3, 0.4) is 0 Å². The number of anilines is 1. The lowest BCUT2D eigenvalue weighted by molar-refractivity contribution is -0.133. The molecule has 0 atom stereocenters. The van der Waals surface area contributed by atoms with Gasteiger partial charge in [-0.2, -0.15) is 0 Å². The fraction of sp³-hybridized carbons (Fsp3) is 0.316. The van der Waals surface area contributed by atoms with Crippen molar-refractivity contribution >= 4 is 11.6 Å². The molecule has 3 rings (SSSR count). The van der Waals surface area contributed by atoms with E-state index in [1.54, 1.807) is 12.1 Å². The van der Waals surface area contributed by atoms with Crippen molar-refractivity contribution in [2.45, 2.75) is 6.92 Å². The van der Waals surface area contributed by atoms with Crippen molar-refractivity contribution in [1.82, 2.24) is 4.90 Å². The van der Waals surface area contributed by atoms with E-state index in [9.17, 15) is 9.90 Å². The van der Waals surface area contributed by atoms with Crippen LogP contribution < -0.4 is 9.64 Å². The first-order chi connectivity index (χ1) is 11.6. The maximum absolute atomic E-state index is 12.3. The van der Waals surface area contributed by atoms with Gasteiger partial charge < -0.3 is 19.6 Å². The Labute approximate surface area is 142 Å². The van der Waals surface area contributed by atoms with Crippen molar-refractivity contribution < 1.29 is 14.6 Å². The van der Waals surface area contributed by atoms with Crippen LogP contribution in [-0.2, 0) is 4.79 Å². The Kier molecular flexibility index (Phi) is 4.89. The topological polar surface area (TPSA) is 53.0 Å². The minimum absolute atomic E-state index is 0.00607. The predicted molar refractivity (Wildman–Crippen MR) is 93.6 cm³/mol. The number of benzene rings is 2. The fourth-order valence-electron chi connectivity index (χ4n) is 2.87. The molecule has 24 heavy (non-hydrogen) atoms. The molecule has 2 aromatic rings. The molecule has 1 aliphatic rings. The fourth-order valence-corrected chi connectivity index (χ4v) is 2.87. The standard InChI is InChI=1S/C19H22N2O3/c1-15-5-4-6-16(13-15)24-14-19(23)21-11-9-20(10-12-21)17-7-2-3-8-18(17)22/h2-8,13,22H,9-12,14H2,1H3. The normalized spacial score (nSPS) is 14.5. The maximum atomic E-state index is 12.3. The lowest BCUT2D eigenvalue weighted by Crippen LogP contribution is -2.50. The van der Waals surface area contributed by atoms with Gasteiger partial charge in [-0.1, -0.05) is 24.3 Å². The van der Waals surface area contributed by atoms with E-state index >= 15 is 0 Å². The smallest absolute Gasteiger partial charge is 0.260 e. The Morgan fingerprint density at radius 2 is 1.83 bits per heavy atom. The summed E-state index contributed by atoms with van der Waals surface area (Å²) in [5, 5.41) is 9.93. The van der Waals surface area contributed by atoms with Gasteiger partial charge in [-0.15, -0.1) is 0 Å². The number of phenolic OH excluding ortho intramolecular Hbond substituents is 1. The van der Waals surface area contributed by atoms with Crippen LogP contribution in [0.5, 0.6) is 11.5 Å². The largest absolute Gasteiger partial charge is 0.506 e. The first-order valence-electron chi connectivity index (χ1n) is 8.13. The summed E-state index contributed by atoms with van der Waals surface area (Å²) in [7, 11) is 0. The van der Waals surface area contributed by atoms with Gasteiger partial charge in [0.2, 0.25) is 0 Å². The van der Waals surface area contributed by atoms with Crippen LogP contribution in [0.4, 0.5) is 5.69 Å². The number of hydrogen-bond acceptors (Lipinski definition) is 4. The van der Waals surface area contributed by atoms with E-state index in [-0.39, 0.29) is 18.3 Å². The summed E-state index contributed by atoms with van der Waals surface area (Å²) in [4.78, 5) is 16.2. The molecule has 1 fully saturated rings. The number of piperazine rings is 1. The molecule has 0 aliphatic carbocycles. The molecule has 0 aromatic heterocycles. The Morgan fingerprint density at radius 1 is 1.08 bits per heavy atom. The molecule has 1 heterocycles. The van der Waals surface area contributed by atoms with Crippen molar-refractivity contribution in [2.24, 2.45) is 0 Å². The lowest BCUT2D eigenvalue weighted by Gasteiger charge is -2.36. The molecule has 5 nitrogen and oxygen atoms in total. The Hall–Kier alpha value is -2.69. The summed E-state index contributed by atoms with van der Waals surface area (Å²) < 4.78 is 5.59. The van der Waals surface area contributed by atoms with Crippen molar-refractivity contribution in [1.29, 1.82) is 0 Å². The monoisotopic (exact) mass is 326 g/mol. The highest BCUT2D eigenvalue weighted by Crippen LogP contribution is 2.27. The third kappa shape index (κ3) is 3.79. The second-order valence-corrected chi connectivity index (χ2v) is 5.96. The zero-order chi connectivity index (χ0) is 16.9. The summed E-state index contributed by atoms with van der Waals surface area (Å²) >= 11 is 0. The summed E-state index contributed by atoms with van der Waals surface area (Å²) in [6, 6.07) is 15.0. The van der Waals surface area contributed by atoms with Crippen molar-refractivity contribution in [3.63, 3.8) is 0 Å². The Balaban J connectivity index is 1.51. The third-order valence-corrected chi connectivity index (χ3v) is 4.21. The van der Waals surface area contributed by atoms with Gasteiger partial charge in [0.05, 0.1) is 5.69 Å². The van der Waals surface area contributed by atoms with E-state index in [2.05, 4.69) is 4.90 Å². The molecule has 0 radical (unpaired) electrons. The van der Waals surface area contributed by atoms with Gasteiger partial charge in [0.1, 0.15) is 11.5 Å². The van der Waals surface area contributed by atoms with Crippen molar-refractivity contribution in [3.05, 3.63) is 54.1 Å². The van der Waals surface area contributed by atoms with Gasteiger partial charge in [0.25, 0.3) is 5.91 Å². The van der Waals surface area contributed by atoms with Crippen molar-refractivity contribution in [2.75, 3.05) is 37.7 Å². The molecule has 0 saturated carbocycles. The molecule has 0 spiro atoms. The second-order valence-electron chi connectivity index (χ2n) is 5.96. The zero-order valence-corrected chi connectivity index (χ0v) is 13.8. The molecule has 1 aliphatic heterocycles. The van der Waals surface area contributed by atoms with Gasteiger partial charge in [-0.05, 0) is 36.8 Å². The first kappa shape index (κ1) is 16.2. The number of nitrogens with zero attached hydrogens (tertiary/aromatic N) is 2. The van der Waals surface area contributed by atoms with Gasteiger partial charge in [-0.25, -0.2) is 0 Å². The van der Waals surface area contributed by atoms with E-state index in [4.69, 9.17) is 4.74 Å². The average molecular weight is 326 g/mol. The van der Waals surface area contributed by atoms with Crippen LogP contribution in [0.2, 0.25) is 0 Å². The second kappa shape index (κ2) is 7.25. The van der Waals surface area contributed by atoms with Crippen molar-refractivity contribution in [3.8, 4) is 11.5 Å². The average Bonchev–Trinajstić information content (AvgIpc) is 2.60. The molecule has 1 amide bonds. The van der Waals surface area contributed by atoms with Gasteiger partial charge in [-0.3, -0.25) is 4.79 Å². The highest BCUT2D eigenvalue weighted by Gasteiger charge is 2.22. The van der Waals surface area contributed by atoms with E-state index in [1.807, 2.05) is 48.2 Å². The quantitative estimate of drug-likeness (QED) is 0.937. The molecule has 126 valence electrons. The molecule has 2 aromatic carbocycles. The van der Waals surface area contributed by atoms with Crippen LogP contribution in [0.15, 0.2) is 48.5 Å². The minimum Gasteiger partial charge on any atom is -0.506 e. The zero-order valence-electron chi connectivity index (χ0n) is 13.8. The first-order valence-corrected chi connectivity index (χ1v) is 8.13. The molecule has 1 N–H and O–H groups in total. The summed E-state index contributed by atoms with van der Waals surface area (Å²) in [5.41, 5.74) is 1.93. The van der Waals surface area contributed by atoms with Crippen LogP contribution >= 0.6 is 0 Å². The maximum Gasteiger partial charge on any atom is 0.260 e. The lowest BCUT2D eigenvalue weighted by atomic mass is 10.2. The number of para-hydroxylation sites is 2. The Morgan fingerprint density at radius 3 is 2.54 bits per heavy atom. The SMILES string of the molecule is Cc1cccc(OCC(=O)N2CCN(c3ccccc3O)CC2)c1. The molecule has 5 heteroatoms. The molecular weight excluding hydrogens is 304 g/mol. The van der Waals surface area contributed by atoms with Gasteiger partial charge in [0, 0.05) is 26.2 Å². The van der Waals surface area contributed by atoms with Crippen LogP contribution in [0.25, 0.3) is 0 Å². The third-order valence-electron chi connectivity index (χ3n) is 4.21. The molecule has 0 unspecified atom stereocenters.